The molecule has 0 unspecified atom stereocenters. The summed E-state index contributed by atoms with van der Waals surface area (Å²) in [5.74, 6) is 0. The Morgan fingerprint density at radius 3 is 1.88 bits per heavy atom. The molecule has 0 saturated heterocycles. The van der Waals surface area contributed by atoms with Crippen LogP contribution in [0.3, 0.4) is 0 Å². The summed E-state index contributed by atoms with van der Waals surface area (Å²) in [5.41, 5.74) is -3.26. The van der Waals surface area contributed by atoms with Crippen LogP contribution in [0.5, 0.6) is 0 Å². The molecule has 33 heavy (non-hydrogen) atoms. The number of fused-ring (bicyclic) bond motifs is 2. The number of hydrogen-bond donors (Lipinski definition) is 1. The first-order chi connectivity index (χ1) is 14.7. The molecule has 0 amide bonds. The van der Waals surface area contributed by atoms with E-state index in [0.717, 1.165) is 12.3 Å². The van der Waals surface area contributed by atoms with Crippen molar-refractivity contribution in [3.63, 3.8) is 0 Å². The molecule has 3 aromatic carbocycles. The third kappa shape index (κ3) is 5.30. The molecule has 0 atom stereocenters. The summed E-state index contributed by atoms with van der Waals surface area (Å²) in [7, 11) is -4.49. The van der Waals surface area contributed by atoms with Crippen molar-refractivity contribution in [1.29, 1.82) is 0 Å². The molecule has 0 radical (unpaired) electrons. The summed E-state index contributed by atoms with van der Waals surface area (Å²) in [6.07, 6.45) is -8.97. The van der Waals surface area contributed by atoms with E-state index in [0.29, 0.717) is 22.9 Å². The normalized spacial score (nSPS) is 12.7. The second kappa shape index (κ2) is 8.51. The molecule has 13 heteroatoms. The Bertz CT molecular complexity index is 1460. The quantitative estimate of drug-likeness (QED) is 0.181. The minimum atomic E-state index is -5.01. The first-order valence-corrected chi connectivity index (χ1v) is 10.1. The van der Waals surface area contributed by atoms with Gasteiger partial charge in [-0.2, -0.15) is 34.8 Å². The standard InChI is InChI=1S/C20H10F6N2O3S.Na.H/c21-19(22,23)13-3-12(4-14(8-13)20(24,25)26)18-9-27-16-6-10-1-2-15(32(29,30)31)5-11(10)7-17(16)28-18;;/h1-9H,(H,29,30,31);;. The van der Waals surface area contributed by atoms with Crippen LogP contribution in [0, 0.1) is 0 Å². The van der Waals surface area contributed by atoms with E-state index in [1.807, 2.05) is 0 Å². The molecular formula is C20H11F6N2NaO3S. The number of hydrogen-bond acceptors (Lipinski definition) is 4. The van der Waals surface area contributed by atoms with Gasteiger partial charge in [-0.25, -0.2) is 4.98 Å². The minimum absolute atomic E-state index is 0. The average Bonchev–Trinajstić information content (AvgIpc) is 2.69. The summed E-state index contributed by atoms with van der Waals surface area (Å²) in [4.78, 5) is 7.81. The number of rotatable bonds is 2. The van der Waals surface area contributed by atoms with E-state index >= 15 is 0 Å². The van der Waals surface area contributed by atoms with E-state index in [-0.39, 0.29) is 57.2 Å². The molecular weight excluding hydrogens is 485 g/mol. The van der Waals surface area contributed by atoms with Crippen LogP contribution >= 0.6 is 0 Å². The van der Waals surface area contributed by atoms with E-state index in [2.05, 4.69) is 9.97 Å². The Kier molecular flexibility index (Phi) is 6.54. The van der Waals surface area contributed by atoms with Crippen molar-refractivity contribution in [3.8, 4) is 11.3 Å². The summed E-state index contributed by atoms with van der Waals surface area (Å²) in [6, 6.07) is 7.73. The van der Waals surface area contributed by atoms with Crippen LogP contribution in [0.2, 0.25) is 0 Å². The van der Waals surface area contributed by atoms with E-state index in [4.69, 9.17) is 0 Å². The van der Waals surface area contributed by atoms with Gasteiger partial charge >= 0.3 is 41.9 Å². The Balaban J connectivity index is 0.00000306. The van der Waals surface area contributed by atoms with Crippen molar-refractivity contribution in [2.24, 2.45) is 0 Å². The zero-order chi connectivity index (χ0) is 23.5. The van der Waals surface area contributed by atoms with Gasteiger partial charge in [0.25, 0.3) is 10.1 Å². The number of nitrogens with zero attached hydrogens (tertiary/aromatic N) is 2. The predicted octanol–water partition coefficient (Wildman–Crippen LogP) is 5.09. The molecule has 168 valence electrons. The van der Waals surface area contributed by atoms with Gasteiger partial charge < -0.3 is 0 Å². The molecule has 0 spiro atoms. The van der Waals surface area contributed by atoms with Crippen LogP contribution in [0.4, 0.5) is 26.3 Å². The number of aromatic nitrogens is 2. The summed E-state index contributed by atoms with van der Waals surface area (Å²) in [5, 5.41) is 0.851. The van der Waals surface area contributed by atoms with Gasteiger partial charge in [0, 0.05) is 5.56 Å². The van der Waals surface area contributed by atoms with Crippen LogP contribution < -0.4 is 0 Å². The second-order valence-electron chi connectivity index (χ2n) is 6.87. The molecule has 0 aliphatic rings. The fraction of sp³-hybridized carbons (Fsp3) is 0.100. The summed E-state index contributed by atoms with van der Waals surface area (Å²) < 4.78 is 111. The van der Waals surface area contributed by atoms with Gasteiger partial charge in [0.2, 0.25) is 0 Å². The van der Waals surface area contributed by atoms with Crippen LogP contribution in [-0.2, 0) is 22.5 Å². The molecule has 0 aliphatic heterocycles. The third-order valence-electron chi connectivity index (χ3n) is 4.65. The Labute approximate surface area is 204 Å². The van der Waals surface area contributed by atoms with Gasteiger partial charge in [0.05, 0.1) is 38.9 Å². The van der Waals surface area contributed by atoms with Crippen LogP contribution in [0.15, 0.2) is 59.6 Å². The number of alkyl halides is 6. The molecule has 1 aromatic heterocycles. The van der Waals surface area contributed by atoms with Crippen LogP contribution in [0.1, 0.15) is 11.1 Å². The van der Waals surface area contributed by atoms with Crippen molar-refractivity contribution >= 4 is 61.5 Å². The van der Waals surface area contributed by atoms with E-state index in [1.165, 1.54) is 24.3 Å². The zero-order valence-corrected chi connectivity index (χ0v) is 16.3. The topological polar surface area (TPSA) is 80.2 Å². The second-order valence-corrected chi connectivity index (χ2v) is 8.30. The SMILES string of the molecule is O=S(=O)(O)c1ccc2cc3ncc(-c4cc(C(F)(F)F)cc(C(F)(F)F)c4)nc3cc2c1.[NaH]. The Morgan fingerprint density at radius 1 is 0.758 bits per heavy atom. The molecule has 1 heterocycles. The van der Waals surface area contributed by atoms with Crippen molar-refractivity contribution in [1.82, 2.24) is 9.97 Å². The molecule has 5 nitrogen and oxygen atoms in total. The van der Waals surface area contributed by atoms with Crippen molar-refractivity contribution in [2.75, 3.05) is 0 Å². The van der Waals surface area contributed by atoms with Gasteiger partial charge in [-0.05, 0) is 53.2 Å². The molecule has 4 rings (SSSR count). The molecule has 0 fully saturated rings. The van der Waals surface area contributed by atoms with Gasteiger partial charge in [0.1, 0.15) is 0 Å². The molecule has 1 N–H and O–H groups in total. The fourth-order valence-corrected chi connectivity index (χ4v) is 3.65. The number of halogens is 6. The van der Waals surface area contributed by atoms with Crippen molar-refractivity contribution in [3.05, 3.63) is 65.9 Å². The van der Waals surface area contributed by atoms with Gasteiger partial charge in [-0.1, -0.05) is 6.07 Å². The van der Waals surface area contributed by atoms with Crippen molar-refractivity contribution in [2.45, 2.75) is 17.2 Å². The van der Waals surface area contributed by atoms with Crippen molar-refractivity contribution < 1.29 is 39.3 Å². The van der Waals surface area contributed by atoms with Gasteiger partial charge in [-0.15, -0.1) is 0 Å². The monoisotopic (exact) mass is 496 g/mol. The maximum atomic E-state index is 13.1. The van der Waals surface area contributed by atoms with Gasteiger partial charge in [0.15, 0.2) is 0 Å². The van der Waals surface area contributed by atoms with E-state index < -0.39 is 39.2 Å². The molecule has 4 aromatic rings. The zero-order valence-electron chi connectivity index (χ0n) is 15.5. The average molecular weight is 496 g/mol. The molecule has 0 saturated carbocycles. The van der Waals surface area contributed by atoms with Gasteiger partial charge in [-0.3, -0.25) is 9.54 Å². The fourth-order valence-electron chi connectivity index (χ4n) is 3.14. The first-order valence-electron chi connectivity index (χ1n) is 8.70. The Morgan fingerprint density at radius 2 is 1.33 bits per heavy atom. The molecule has 0 bridgehead atoms. The summed E-state index contributed by atoms with van der Waals surface area (Å²) in [6.45, 7) is 0. The van der Waals surface area contributed by atoms with E-state index in [9.17, 15) is 39.3 Å². The predicted molar refractivity (Wildman–Crippen MR) is 109 cm³/mol. The Hall–Kier alpha value is -2.25. The van der Waals surface area contributed by atoms with Crippen LogP contribution in [0.25, 0.3) is 33.1 Å². The molecule has 0 aliphatic carbocycles. The van der Waals surface area contributed by atoms with E-state index in [1.54, 1.807) is 0 Å². The summed E-state index contributed by atoms with van der Waals surface area (Å²) >= 11 is 0. The third-order valence-corrected chi connectivity index (χ3v) is 5.50. The van der Waals surface area contributed by atoms with Crippen LogP contribution in [-0.4, -0.2) is 52.5 Å². The first kappa shape index (κ1) is 25.4. The maximum absolute atomic E-state index is 13.1. The number of benzene rings is 3.